The Morgan fingerprint density at radius 2 is 2.15 bits per heavy atom. The van der Waals surface area contributed by atoms with Crippen molar-refractivity contribution in [3.63, 3.8) is 0 Å². The standard InChI is InChI=1S/C16H20N2O2/c19-16(13-5-2-1-3-6-13)11-15-7-4-9-18(15)12-14-8-10-20-17-14/h1-3,5-6,8,10,15-16,19H,4,7,9,11-12H2. The Morgan fingerprint density at radius 3 is 2.90 bits per heavy atom. The van der Waals surface area contributed by atoms with Gasteiger partial charge in [0.2, 0.25) is 0 Å². The molecular weight excluding hydrogens is 252 g/mol. The summed E-state index contributed by atoms with van der Waals surface area (Å²) < 4.78 is 4.88. The van der Waals surface area contributed by atoms with Crippen molar-refractivity contribution in [3.8, 4) is 0 Å². The molecule has 106 valence electrons. The molecule has 0 amide bonds. The van der Waals surface area contributed by atoms with E-state index >= 15 is 0 Å². The van der Waals surface area contributed by atoms with Crippen molar-refractivity contribution < 1.29 is 9.63 Å². The molecule has 2 unspecified atom stereocenters. The summed E-state index contributed by atoms with van der Waals surface area (Å²) >= 11 is 0. The Hall–Kier alpha value is -1.65. The van der Waals surface area contributed by atoms with Crippen LogP contribution in [0.2, 0.25) is 0 Å². The molecule has 1 aliphatic heterocycles. The zero-order chi connectivity index (χ0) is 13.8. The summed E-state index contributed by atoms with van der Waals surface area (Å²) in [6.07, 6.45) is 4.33. The average molecular weight is 272 g/mol. The van der Waals surface area contributed by atoms with Crippen LogP contribution in [0.4, 0.5) is 0 Å². The molecule has 0 saturated carbocycles. The predicted molar refractivity (Wildman–Crippen MR) is 76.0 cm³/mol. The van der Waals surface area contributed by atoms with Gasteiger partial charge in [-0.2, -0.15) is 0 Å². The monoisotopic (exact) mass is 272 g/mol. The highest BCUT2D eigenvalue weighted by atomic mass is 16.5. The topological polar surface area (TPSA) is 49.5 Å². The number of rotatable bonds is 5. The summed E-state index contributed by atoms with van der Waals surface area (Å²) in [5.41, 5.74) is 1.96. The van der Waals surface area contributed by atoms with Gasteiger partial charge in [-0.25, -0.2) is 0 Å². The first-order valence-electron chi connectivity index (χ1n) is 7.19. The minimum absolute atomic E-state index is 0.390. The Balaban J connectivity index is 1.61. The van der Waals surface area contributed by atoms with Gasteiger partial charge in [-0.1, -0.05) is 35.5 Å². The Bertz CT molecular complexity index is 513. The molecule has 2 aromatic rings. The third-order valence-corrected chi connectivity index (χ3v) is 4.04. The van der Waals surface area contributed by atoms with E-state index < -0.39 is 0 Å². The van der Waals surface area contributed by atoms with Gasteiger partial charge in [-0.15, -0.1) is 0 Å². The first kappa shape index (κ1) is 13.3. The number of benzene rings is 1. The number of aliphatic hydroxyl groups excluding tert-OH is 1. The van der Waals surface area contributed by atoms with Gasteiger partial charge >= 0.3 is 0 Å². The van der Waals surface area contributed by atoms with Crippen LogP contribution in [0.3, 0.4) is 0 Å². The van der Waals surface area contributed by atoms with E-state index in [4.69, 9.17) is 4.52 Å². The van der Waals surface area contributed by atoms with E-state index in [1.807, 2.05) is 36.4 Å². The molecule has 4 heteroatoms. The van der Waals surface area contributed by atoms with Gasteiger partial charge in [0.1, 0.15) is 6.26 Å². The highest BCUT2D eigenvalue weighted by Gasteiger charge is 2.27. The smallest absolute Gasteiger partial charge is 0.124 e. The number of aliphatic hydroxyl groups is 1. The van der Waals surface area contributed by atoms with E-state index in [0.29, 0.717) is 6.04 Å². The fourth-order valence-corrected chi connectivity index (χ4v) is 2.97. The molecule has 0 radical (unpaired) electrons. The number of likely N-dealkylation sites (tertiary alicyclic amines) is 1. The van der Waals surface area contributed by atoms with Crippen LogP contribution < -0.4 is 0 Å². The van der Waals surface area contributed by atoms with Gasteiger partial charge in [-0.05, 0) is 31.4 Å². The van der Waals surface area contributed by atoms with Gasteiger partial charge in [-0.3, -0.25) is 4.90 Å². The molecular formula is C16H20N2O2. The van der Waals surface area contributed by atoms with E-state index in [1.54, 1.807) is 6.26 Å². The second-order valence-electron chi connectivity index (χ2n) is 5.42. The molecule has 1 N–H and O–H groups in total. The van der Waals surface area contributed by atoms with Crippen LogP contribution in [0.1, 0.15) is 36.6 Å². The second-order valence-corrected chi connectivity index (χ2v) is 5.42. The third kappa shape index (κ3) is 3.08. The zero-order valence-corrected chi connectivity index (χ0v) is 11.5. The zero-order valence-electron chi connectivity index (χ0n) is 11.5. The van der Waals surface area contributed by atoms with Gasteiger partial charge in [0.05, 0.1) is 11.8 Å². The Kier molecular flexibility index (Phi) is 4.14. The van der Waals surface area contributed by atoms with Crippen molar-refractivity contribution in [1.82, 2.24) is 10.1 Å². The summed E-state index contributed by atoms with van der Waals surface area (Å²) in [6, 6.07) is 12.2. The minimum atomic E-state index is -0.390. The van der Waals surface area contributed by atoms with Crippen LogP contribution in [0, 0.1) is 0 Å². The van der Waals surface area contributed by atoms with E-state index in [9.17, 15) is 5.11 Å². The predicted octanol–water partition coefficient (Wildman–Crippen LogP) is 2.76. The highest BCUT2D eigenvalue weighted by molar-refractivity contribution is 5.17. The molecule has 1 saturated heterocycles. The Morgan fingerprint density at radius 1 is 1.30 bits per heavy atom. The summed E-state index contributed by atoms with van der Waals surface area (Å²) in [5, 5.41) is 14.3. The van der Waals surface area contributed by atoms with Gasteiger partial charge in [0, 0.05) is 18.7 Å². The minimum Gasteiger partial charge on any atom is -0.388 e. The van der Waals surface area contributed by atoms with E-state index in [-0.39, 0.29) is 6.10 Å². The van der Waals surface area contributed by atoms with Crippen LogP contribution in [-0.2, 0) is 6.54 Å². The molecule has 3 rings (SSSR count). The number of nitrogens with zero attached hydrogens (tertiary/aromatic N) is 2. The maximum Gasteiger partial charge on any atom is 0.124 e. The van der Waals surface area contributed by atoms with Crippen molar-refractivity contribution in [2.45, 2.75) is 38.0 Å². The lowest BCUT2D eigenvalue weighted by Gasteiger charge is -2.25. The lowest BCUT2D eigenvalue weighted by atomic mass is 10.0. The van der Waals surface area contributed by atoms with Crippen molar-refractivity contribution in [2.24, 2.45) is 0 Å². The molecule has 1 aromatic heterocycles. The quantitative estimate of drug-likeness (QED) is 0.909. The molecule has 2 heterocycles. The van der Waals surface area contributed by atoms with Crippen molar-refractivity contribution in [1.29, 1.82) is 0 Å². The summed E-state index contributed by atoms with van der Waals surface area (Å²) in [5.74, 6) is 0. The van der Waals surface area contributed by atoms with Crippen LogP contribution >= 0.6 is 0 Å². The van der Waals surface area contributed by atoms with E-state index in [2.05, 4.69) is 10.1 Å². The molecule has 4 nitrogen and oxygen atoms in total. The molecule has 1 aromatic carbocycles. The summed E-state index contributed by atoms with van der Waals surface area (Å²) in [7, 11) is 0. The number of hydrogen-bond donors (Lipinski definition) is 1. The third-order valence-electron chi connectivity index (χ3n) is 4.04. The lowest BCUT2D eigenvalue weighted by Crippen LogP contribution is -2.30. The molecule has 20 heavy (non-hydrogen) atoms. The second kappa shape index (κ2) is 6.20. The van der Waals surface area contributed by atoms with E-state index in [0.717, 1.165) is 37.2 Å². The number of aromatic nitrogens is 1. The Labute approximate surface area is 119 Å². The van der Waals surface area contributed by atoms with Crippen LogP contribution in [0.25, 0.3) is 0 Å². The highest BCUT2D eigenvalue weighted by Crippen LogP contribution is 2.28. The molecule has 1 fully saturated rings. The van der Waals surface area contributed by atoms with Crippen molar-refractivity contribution in [2.75, 3.05) is 6.54 Å². The molecule has 0 spiro atoms. The molecule has 2 atom stereocenters. The first-order valence-corrected chi connectivity index (χ1v) is 7.19. The maximum absolute atomic E-state index is 10.4. The first-order chi connectivity index (χ1) is 9.83. The van der Waals surface area contributed by atoms with Crippen molar-refractivity contribution >= 4 is 0 Å². The summed E-state index contributed by atoms with van der Waals surface area (Å²) in [6.45, 7) is 1.88. The maximum atomic E-state index is 10.4. The fraction of sp³-hybridized carbons (Fsp3) is 0.438. The normalized spacial score (nSPS) is 21.1. The van der Waals surface area contributed by atoms with Gasteiger partial charge in [0.15, 0.2) is 0 Å². The van der Waals surface area contributed by atoms with Gasteiger partial charge in [0.25, 0.3) is 0 Å². The van der Waals surface area contributed by atoms with Crippen LogP contribution in [0.5, 0.6) is 0 Å². The van der Waals surface area contributed by atoms with Gasteiger partial charge < -0.3 is 9.63 Å². The largest absolute Gasteiger partial charge is 0.388 e. The molecule has 0 bridgehead atoms. The van der Waals surface area contributed by atoms with Crippen LogP contribution in [-0.4, -0.2) is 27.7 Å². The lowest BCUT2D eigenvalue weighted by molar-refractivity contribution is 0.117. The van der Waals surface area contributed by atoms with Crippen LogP contribution in [0.15, 0.2) is 47.2 Å². The molecule has 0 aliphatic carbocycles. The average Bonchev–Trinajstić information content (AvgIpc) is 3.13. The van der Waals surface area contributed by atoms with Crippen molar-refractivity contribution in [3.05, 3.63) is 53.9 Å². The molecule has 1 aliphatic rings. The summed E-state index contributed by atoms with van der Waals surface area (Å²) in [4.78, 5) is 2.39. The van der Waals surface area contributed by atoms with E-state index in [1.165, 1.54) is 6.42 Å². The fourth-order valence-electron chi connectivity index (χ4n) is 2.97. The number of hydrogen-bond acceptors (Lipinski definition) is 4. The SMILES string of the molecule is OC(CC1CCCN1Cc1ccon1)c1ccccc1.